The van der Waals surface area contributed by atoms with Gasteiger partial charge in [-0.05, 0) is 49.9 Å². The zero-order valence-corrected chi connectivity index (χ0v) is 18.1. The van der Waals surface area contributed by atoms with Crippen LogP contribution < -0.4 is 5.32 Å². The normalized spacial score (nSPS) is 21.5. The van der Waals surface area contributed by atoms with Crippen molar-refractivity contribution in [1.29, 1.82) is 0 Å². The van der Waals surface area contributed by atoms with E-state index in [0.29, 0.717) is 18.9 Å². The molecule has 0 spiro atoms. The Labute approximate surface area is 182 Å². The number of amides is 2. The summed E-state index contributed by atoms with van der Waals surface area (Å²) >= 11 is 0. The van der Waals surface area contributed by atoms with E-state index < -0.39 is 5.54 Å². The number of benzene rings is 2. The number of fused-ring (bicyclic) bond motifs is 3. The van der Waals surface area contributed by atoms with Gasteiger partial charge in [0.05, 0.1) is 17.6 Å². The van der Waals surface area contributed by atoms with Crippen molar-refractivity contribution in [2.75, 3.05) is 0 Å². The van der Waals surface area contributed by atoms with Crippen molar-refractivity contribution in [3.05, 3.63) is 65.5 Å². The summed E-state index contributed by atoms with van der Waals surface area (Å²) in [6.07, 6.45) is 4.30. The topological polar surface area (TPSA) is 67.2 Å². The molecule has 2 aliphatic rings. The summed E-state index contributed by atoms with van der Waals surface area (Å²) in [5.74, 6) is 0.125. The van der Waals surface area contributed by atoms with Crippen LogP contribution in [0, 0.1) is 6.92 Å². The summed E-state index contributed by atoms with van der Waals surface area (Å²) in [6.45, 7) is 4.70. The fraction of sp³-hybridized carbons (Fsp3) is 0.400. The predicted octanol–water partition coefficient (Wildman–Crippen LogP) is 3.82. The Kier molecular flexibility index (Phi) is 4.80. The minimum absolute atomic E-state index is 0.0789. The Bertz CT molecular complexity index is 1160. The molecule has 1 unspecified atom stereocenters. The van der Waals surface area contributed by atoms with Crippen LogP contribution in [-0.4, -0.2) is 37.8 Å². The predicted molar refractivity (Wildman–Crippen MR) is 120 cm³/mol. The first kappa shape index (κ1) is 19.8. The summed E-state index contributed by atoms with van der Waals surface area (Å²) in [6, 6.07) is 16.0. The summed E-state index contributed by atoms with van der Waals surface area (Å²) in [5, 5.41) is 3.24. The van der Waals surface area contributed by atoms with E-state index in [1.807, 2.05) is 66.9 Å². The van der Waals surface area contributed by atoms with Crippen LogP contribution in [0.2, 0.25) is 0 Å². The van der Waals surface area contributed by atoms with Gasteiger partial charge in [-0.25, -0.2) is 4.98 Å². The number of aromatic nitrogens is 2. The molecule has 1 fully saturated rings. The SMILES string of the molecule is Cc1ccccc1CN1C(=O)c2nc3ccccc3n2CC1(C)C(=O)NC1CCCC1. The molecule has 2 amide bonds. The van der Waals surface area contributed by atoms with Crippen LogP contribution in [0.3, 0.4) is 0 Å². The van der Waals surface area contributed by atoms with Gasteiger partial charge >= 0.3 is 0 Å². The number of para-hydroxylation sites is 2. The second kappa shape index (κ2) is 7.52. The van der Waals surface area contributed by atoms with Gasteiger partial charge in [0.15, 0.2) is 5.82 Å². The van der Waals surface area contributed by atoms with Crippen molar-refractivity contribution in [3.8, 4) is 0 Å². The molecule has 1 atom stereocenters. The molecule has 2 aromatic carbocycles. The maximum absolute atomic E-state index is 13.7. The van der Waals surface area contributed by atoms with E-state index in [0.717, 1.165) is 47.8 Å². The van der Waals surface area contributed by atoms with E-state index >= 15 is 0 Å². The van der Waals surface area contributed by atoms with Crippen LogP contribution in [-0.2, 0) is 17.9 Å². The van der Waals surface area contributed by atoms with Crippen molar-refractivity contribution in [2.45, 2.75) is 64.2 Å². The maximum Gasteiger partial charge on any atom is 0.291 e. The molecular formula is C25H28N4O2. The average molecular weight is 417 g/mol. The highest BCUT2D eigenvalue weighted by Crippen LogP contribution is 2.33. The number of imidazole rings is 1. The number of hydrogen-bond donors (Lipinski definition) is 1. The van der Waals surface area contributed by atoms with Crippen LogP contribution in [0.25, 0.3) is 11.0 Å². The minimum atomic E-state index is -1.00. The molecule has 5 rings (SSSR count). The van der Waals surface area contributed by atoms with Gasteiger partial charge < -0.3 is 14.8 Å². The smallest absolute Gasteiger partial charge is 0.291 e. The van der Waals surface area contributed by atoms with E-state index in [-0.39, 0.29) is 17.9 Å². The number of nitrogens with one attached hydrogen (secondary N) is 1. The maximum atomic E-state index is 13.7. The van der Waals surface area contributed by atoms with E-state index in [1.54, 1.807) is 4.90 Å². The molecule has 2 heterocycles. The number of nitrogens with zero attached hydrogens (tertiary/aromatic N) is 3. The molecule has 1 aromatic heterocycles. The first-order chi connectivity index (χ1) is 15.0. The Morgan fingerprint density at radius 3 is 2.61 bits per heavy atom. The average Bonchev–Trinajstić information content (AvgIpc) is 3.40. The molecule has 0 saturated heterocycles. The summed E-state index contributed by atoms with van der Waals surface area (Å²) in [7, 11) is 0. The molecule has 31 heavy (non-hydrogen) atoms. The molecule has 0 radical (unpaired) electrons. The van der Waals surface area contributed by atoms with Gasteiger partial charge in [0.25, 0.3) is 5.91 Å². The Balaban J connectivity index is 1.58. The van der Waals surface area contributed by atoms with Crippen molar-refractivity contribution in [1.82, 2.24) is 19.8 Å². The molecule has 1 saturated carbocycles. The molecule has 6 heteroatoms. The number of carbonyl (C=O) groups is 2. The van der Waals surface area contributed by atoms with Crippen LogP contribution in [0.4, 0.5) is 0 Å². The van der Waals surface area contributed by atoms with Gasteiger partial charge in [-0.2, -0.15) is 0 Å². The summed E-state index contributed by atoms with van der Waals surface area (Å²) < 4.78 is 1.92. The summed E-state index contributed by atoms with van der Waals surface area (Å²) in [5.41, 5.74) is 2.81. The highest BCUT2D eigenvalue weighted by Gasteiger charge is 2.49. The lowest BCUT2D eigenvalue weighted by molar-refractivity contribution is -0.133. The zero-order chi connectivity index (χ0) is 21.6. The lowest BCUT2D eigenvalue weighted by Gasteiger charge is -2.44. The van der Waals surface area contributed by atoms with Crippen molar-refractivity contribution < 1.29 is 9.59 Å². The first-order valence-electron chi connectivity index (χ1n) is 11.1. The quantitative estimate of drug-likeness (QED) is 0.703. The van der Waals surface area contributed by atoms with Gasteiger partial charge in [0, 0.05) is 12.6 Å². The molecule has 1 aliphatic heterocycles. The molecule has 0 bridgehead atoms. The lowest BCUT2D eigenvalue weighted by atomic mass is 9.93. The largest absolute Gasteiger partial charge is 0.351 e. The van der Waals surface area contributed by atoms with E-state index in [9.17, 15) is 9.59 Å². The summed E-state index contributed by atoms with van der Waals surface area (Å²) in [4.78, 5) is 33.7. The van der Waals surface area contributed by atoms with Gasteiger partial charge in [0.1, 0.15) is 5.54 Å². The highest BCUT2D eigenvalue weighted by atomic mass is 16.2. The molecule has 1 aliphatic carbocycles. The Morgan fingerprint density at radius 2 is 1.84 bits per heavy atom. The second-order valence-corrected chi connectivity index (χ2v) is 9.06. The lowest BCUT2D eigenvalue weighted by Crippen LogP contribution is -2.64. The number of hydrogen-bond acceptors (Lipinski definition) is 3. The Morgan fingerprint density at radius 1 is 1.13 bits per heavy atom. The number of rotatable bonds is 4. The monoisotopic (exact) mass is 416 g/mol. The van der Waals surface area contributed by atoms with E-state index in [1.165, 1.54) is 0 Å². The standard InChI is InChI=1S/C25H28N4O2/c1-17-9-3-4-10-18(17)15-29-23(30)22-27-20-13-7-8-14-21(20)28(22)16-25(29,2)24(31)26-19-11-5-6-12-19/h3-4,7-10,13-14,19H,5-6,11-12,15-16H2,1-2H3,(H,26,31). The fourth-order valence-electron chi connectivity index (χ4n) is 4.95. The molecule has 6 nitrogen and oxygen atoms in total. The van der Waals surface area contributed by atoms with Crippen molar-refractivity contribution in [3.63, 3.8) is 0 Å². The molecule has 1 N–H and O–H groups in total. The van der Waals surface area contributed by atoms with Crippen LogP contribution in [0.5, 0.6) is 0 Å². The number of aryl methyl sites for hydroxylation is 1. The van der Waals surface area contributed by atoms with E-state index in [2.05, 4.69) is 10.3 Å². The minimum Gasteiger partial charge on any atom is -0.351 e. The van der Waals surface area contributed by atoms with Gasteiger partial charge in [-0.1, -0.05) is 49.2 Å². The second-order valence-electron chi connectivity index (χ2n) is 9.06. The molecular weight excluding hydrogens is 388 g/mol. The van der Waals surface area contributed by atoms with Crippen LogP contribution in [0.1, 0.15) is 54.4 Å². The van der Waals surface area contributed by atoms with Crippen LogP contribution in [0.15, 0.2) is 48.5 Å². The van der Waals surface area contributed by atoms with Crippen molar-refractivity contribution in [2.24, 2.45) is 0 Å². The van der Waals surface area contributed by atoms with Gasteiger partial charge in [-0.3, -0.25) is 9.59 Å². The third-order valence-electron chi connectivity index (χ3n) is 6.92. The van der Waals surface area contributed by atoms with E-state index in [4.69, 9.17) is 0 Å². The Hall–Kier alpha value is -3.15. The van der Waals surface area contributed by atoms with Crippen molar-refractivity contribution >= 4 is 22.8 Å². The number of carbonyl (C=O) groups excluding carboxylic acids is 2. The third kappa shape index (κ3) is 3.30. The van der Waals surface area contributed by atoms with Crippen LogP contribution >= 0.6 is 0 Å². The first-order valence-corrected chi connectivity index (χ1v) is 11.1. The molecule has 3 aromatic rings. The fourth-order valence-corrected chi connectivity index (χ4v) is 4.95. The third-order valence-corrected chi connectivity index (χ3v) is 6.92. The molecule has 160 valence electrons. The van der Waals surface area contributed by atoms with Gasteiger partial charge in [0.2, 0.25) is 5.91 Å². The van der Waals surface area contributed by atoms with Gasteiger partial charge in [-0.15, -0.1) is 0 Å². The highest BCUT2D eigenvalue weighted by molar-refractivity contribution is 6.01. The zero-order valence-electron chi connectivity index (χ0n) is 18.1.